The first-order chi connectivity index (χ1) is 14.1. The van der Waals surface area contributed by atoms with Crippen LogP contribution in [0.1, 0.15) is 35.7 Å². The topological polar surface area (TPSA) is 91.8 Å². The van der Waals surface area contributed by atoms with Gasteiger partial charge in [-0.15, -0.1) is 0 Å². The second-order valence-corrected chi connectivity index (χ2v) is 7.39. The highest BCUT2D eigenvalue weighted by Crippen LogP contribution is 2.29. The first-order valence-corrected chi connectivity index (χ1v) is 9.57. The van der Waals surface area contributed by atoms with Crippen LogP contribution in [0.5, 0.6) is 0 Å². The molecule has 0 bridgehead atoms. The second kappa shape index (κ2) is 6.87. The first-order valence-electron chi connectivity index (χ1n) is 9.57. The fourth-order valence-corrected chi connectivity index (χ4v) is 3.90. The summed E-state index contributed by atoms with van der Waals surface area (Å²) in [5.74, 6) is -0.0660. The van der Waals surface area contributed by atoms with Crippen LogP contribution in [-0.2, 0) is 0 Å². The van der Waals surface area contributed by atoms with Crippen LogP contribution < -0.4 is 5.32 Å². The third kappa shape index (κ3) is 3.09. The van der Waals surface area contributed by atoms with Gasteiger partial charge in [-0.3, -0.25) is 0 Å². The van der Waals surface area contributed by atoms with Gasteiger partial charge >= 0.3 is 0 Å². The maximum absolute atomic E-state index is 15.0. The zero-order valence-electron chi connectivity index (χ0n) is 15.9. The maximum atomic E-state index is 15.0. The van der Waals surface area contributed by atoms with Gasteiger partial charge in [-0.1, -0.05) is 0 Å². The van der Waals surface area contributed by atoms with Crippen LogP contribution in [0.15, 0.2) is 30.5 Å². The molecule has 0 spiro atoms. The predicted octanol–water partition coefficient (Wildman–Crippen LogP) is 3.13. The molecule has 0 radical (unpaired) electrons. The van der Waals surface area contributed by atoms with E-state index in [0.717, 1.165) is 37.3 Å². The number of nitrogens with zero attached hydrogens (tertiary/aromatic N) is 6. The molecule has 1 aliphatic rings. The Balaban J connectivity index is 1.61. The minimum atomic E-state index is -0.371. The Labute approximate surface area is 166 Å². The number of imidazole rings is 1. The average molecular weight is 387 g/mol. The molecule has 0 unspecified atom stereocenters. The highest BCUT2D eigenvalue weighted by molar-refractivity contribution is 5.84. The first kappa shape index (κ1) is 17.6. The van der Waals surface area contributed by atoms with E-state index in [2.05, 4.69) is 31.7 Å². The Morgan fingerprint density at radius 2 is 2.00 bits per heavy atom. The molecule has 1 aromatic carbocycles. The van der Waals surface area contributed by atoms with E-state index < -0.39 is 0 Å². The van der Waals surface area contributed by atoms with Crippen molar-refractivity contribution in [2.75, 3.05) is 13.1 Å². The monoisotopic (exact) mass is 387 g/mol. The Morgan fingerprint density at radius 3 is 2.79 bits per heavy atom. The van der Waals surface area contributed by atoms with E-state index in [4.69, 9.17) is 0 Å². The van der Waals surface area contributed by atoms with Crippen LogP contribution in [0.4, 0.5) is 4.39 Å². The van der Waals surface area contributed by atoms with E-state index in [1.807, 2.05) is 13.0 Å². The third-order valence-electron chi connectivity index (χ3n) is 5.39. The molecule has 4 heterocycles. The maximum Gasteiger partial charge on any atom is 0.171 e. The number of aromatic nitrogens is 5. The van der Waals surface area contributed by atoms with Gasteiger partial charge in [0.25, 0.3) is 0 Å². The van der Waals surface area contributed by atoms with Crippen LogP contribution in [0.25, 0.3) is 27.8 Å². The highest BCUT2D eigenvalue weighted by atomic mass is 19.1. The summed E-state index contributed by atoms with van der Waals surface area (Å²) in [6.07, 6.45) is 3.69. The molecular formula is C21H18FN7. The molecule has 29 heavy (non-hydrogen) atoms. The molecule has 5 rings (SSSR count). The minimum Gasteiger partial charge on any atom is -0.317 e. The molecule has 4 aromatic rings. The minimum absolute atomic E-state index is 0.305. The van der Waals surface area contributed by atoms with Gasteiger partial charge in [0.15, 0.2) is 5.65 Å². The second-order valence-electron chi connectivity index (χ2n) is 7.39. The van der Waals surface area contributed by atoms with E-state index in [1.165, 1.54) is 6.07 Å². The molecule has 144 valence electrons. The number of hydrogen-bond donors (Lipinski definition) is 1. The van der Waals surface area contributed by atoms with Crippen LogP contribution in [0.2, 0.25) is 0 Å². The number of nitriles is 1. The Morgan fingerprint density at radius 1 is 1.17 bits per heavy atom. The van der Waals surface area contributed by atoms with E-state index in [1.54, 1.807) is 22.8 Å². The molecule has 1 N–H and O–H groups in total. The molecule has 0 saturated carbocycles. The number of rotatable bonds is 2. The van der Waals surface area contributed by atoms with Crippen molar-refractivity contribution >= 4 is 16.6 Å². The highest BCUT2D eigenvalue weighted by Gasteiger charge is 2.19. The lowest BCUT2D eigenvalue weighted by atomic mass is 9.93. The SMILES string of the molecule is Cc1cn2nc(-c3cc(F)c4cc(C5CCNCC5)nnc4c3)cc(C#N)c2n1. The fraction of sp³-hybridized carbons (Fsp3) is 0.286. The molecular weight excluding hydrogens is 369 g/mol. The quantitative estimate of drug-likeness (QED) is 0.568. The van der Waals surface area contributed by atoms with E-state index in [0.29, 0.717) is 39.3 Å². The number of piperidine rings is 1. The number of halogens is 1. The van der Waals surface area contributed by atoms with Crippen molar-refractivity contribution in [1.29, 1.82) is 5.26 Å². The molecule has 0 amide bonds. The van der Waals surface area contributed by atoms with Crippen molar-refractivity contribution in [1.82, 2.24) is 30.1 Å². The van der Waals surface area contributed by atoms with Crippen LogP contribution in [0.3, 0.4) is 0 Å². The van der Waals surface area contributed by atoms with Gasteiger partial charge < -0.3 is 5.32 Å². The van der Waals surface area contributed by atoms with E-state index in [9.17, 15) is 9.65 Å². The van der Waals surface area contributed by atoms with Crippen molar-refractivity contribution < 1.29 is 4.39 Å². The number of benzene rings is 1. The Hall–Kier alpha value is -3.44. The molecule has 0 aliphatic carbocycles. The summed E-state index contributed by atoms with van der Waals surface area (Å²) >= 11 is 0. The van der Waals surface area contributed by atoms with Gasteiger partial charge in [0.05, 0.1) is 34.4 Å². The van der Waals surface area contributed by atoms with Crippen molar-refractivity contribution in [3.05, 3.63) is 53.2 Å². The molecule has 1 saturated heterocycles. The molecule has 7 nitrogen and oxygen atoms in total. The van der Waals surface area contributed by atoms with Gasteiger partial charge in [-0.25, -0.2) is 13.9 Å². The van der Waals surface area contributed by atoms with E-state index >= 15 is 0 Å². The van der Waals surface area contributed by atoms with Crippen molar-refractivity contribution in [2.24, 2.45) is 0 Å². The standard InChI is InChI=1S/C21H18FN7/c1-12-11-29-21(25-12)15(10-23)8-19(28-29)14-6-17(22)16-9-18(26-27-20(16)7-14)13-2-4-24-5-3-13/h6-9,11,13,24H,2-5H2,1H3. The van der Waals surface area contributed by atoms with E-state index in [-0.39, 0.29) is 5.82 Å². The largest absolute Gasteiger partial charge is 0.317 e. The zero-order valence-corrected chi connectivity index (χ0v) is 15.9. The number of nitrogens with one attached hydrogen (secondary N) is 1. The molecule has 8 heteroatoms. The fourth-order valence-electron chi connectivity index (χ4n) is 3.90. The van der Waals surface area contributed by atoms with Crippen LogP contribution >= 0.6 is 0 Å². The van der Waals surface area contributed by atoms with Gasteiger partial charge in [0.1, 0.15) is 11.9 Å². The molecule has 1 aliphatic heterocycles. The number of aryl methyl sites for hydroxylation is 1. The third-order valence-corrected chi connectivity index (χ3v) is 5.39. The number of fused-ring (bicyclic) bond motifs is 2. The lowest BCUT2D eigenvalue weighted by Crippen LogP contribution is -2.27. The predicted molar refractivity (Wildman–Crippen MR) is 106 cm³/mol. The Kier molecular flexibility index (Phi) is 4.18. The van der Waals surface area contributed by atoms with Crippen molar-refractivity contribution in [2.45, 2.75) is 25.7 Å². The number of hydrogen-bond acceptors (Lipinski definition) is 6. The van der Waals surface area contributed by atoms with Gasteiger partial charge in [-0.2, -0.15) is 20.6 Å². The normalized spacial score (nSPS) is 15.1. The lowest BCUT2D eigenvalue weighted by molar-refractivity contribution is 0.451. The molecule has 1 fully saturated rings. The summed E-state index contributed by atoms with van der Waals surface area (Å²) in [6.45, 7) is 3.71. The average Bonchev–Trinajstić information content (AvgIpc) is 3.13. The van der Waals surface area contributed by atoms with Crippen LogP contribution in [0, 0.1) is 24.1 Å². The summed E-state index contributed by atoms with van der Waals surface area (Å²) < 4.78 is 16.5. The van der Waals surface area contributed by atoms with Gasteiger partial charge in [-0.05, 0) is 57.1 Å². The van der Waals surface area contributed by atoms with Gasteiger partial charge in [0.2, 0.25) is 0 Å². The zero-order chi connectivity index (χ0) is 20.0. The smallest absolute Gasteiger partial charge is 0.171 e. The lowest BCUT2D eigenvalue weighted by Gasteiger charge is -2.21. The summed E-state index contributed by atoms with van der Waals surface area (Å²) in [5.41, 5.74) is 3.97. The summed E-state index contributed by atoms with van der Waals surface area (Å²) in [5, 5.41) is 26.4. The molecule has 3 aromatic heterocycles. The summed E-state index contributed by atoms with van der Waals surface area (Å²) in [7, 11) is 0. The van der Waals surface area contributed by atoms with Crippen LogP contribution in [-0.4, -0.2) is 37.9 Å². The summed E-state index contributed by atoms with van der Waals surface area (Å²) in [6, 6.07) is 8.78. The van der Waals surface area contributed by atoms with Gasteiger partial charge in [0, 0.05) is 16.9 Å². The Bertz CT molecular complexity index is 1280. The van der Waals surface area contributed by atoms with Crippen molar-refractivity contribution in [3.8, 4) is 17.3 Å². The van der Waals surface area contributed by atoms with Crippen molar-refractivity contribution in [3.63, 3.8) is 0 Å². The summed E-state index contributed by atoms with van der Waals surface area (Å²) in [4.78, 5) is 4.32. The molecule has 0 atom stereocenters.